The van der Waals surface area contributed by atoms with E-state index in [0.29, 0.717) is 15.5 Å². The second kappa shape index (κ2) is 7.02. The van der Waals surface area contributed by atoms with Crippen LogP contribution >= 0.6 is 34.5 Å². The highest BCUT2D eigenvalue weighted by Crippen LogP contribution is 2.35. The maximum absolute atomic E-state index is 12.9. The van der Waals surface area contributed by atoms with Crippen LogP contribution in [0.5, 0.6) is 0 Å². The molecule has 8 heteroatoms. The lowest BCUT2D eigenvalue weighted by Crippen LogP contribution is -2.41. The van der Waals surface area contributed by atoms with Crippen molar-refractivity contribution in [1.29, 1.82) is 0 Å². The second-order valence-electron chi connectivity index (χ2n) is 6.11. The molecule has 1 aromatic heterocycles. The number of urea groups is 1. The van der Waals surface area contributed by atoms with Gasteiger partial charge in [-0.1, -0.05) is 36.2 Å². The van der Waals surface area contributed by atoms with Gasteiger partial charge in [-0.25, -0.2) is 4.79 Å². The first-order valence-electron chi connectivity index (χ1n) is 7.97. The summed E-state index contributed by atoms with van der Waals surface area (Å²) < 4.78 is 0. The van der Waals surface area contributed by atoms with E-state index in [2.05, 4.69) is 5.32 Å². The molecule has 0 radical (unpaired) electrons. The van der Waals surface area contributed by atoms with E-state index < -0.39 is 17.5 Å². The van der Waals surface area contributed by atoms with E-state index in [1.165, 1.54) is 17.4 Å². The number of nitrogens with zero attached hydrogens (tertiary/aromatic N) is 1. The standard InChI is InChI=1S/C18H16Cl2N2O3S/c1-3-11-5-7-15(26-11)14(23)9-22-16(24)18(2,21-17(22)25)12-6-4-10(19)8-13(12)20/h4-8H,3,9H2,1-2H3,(H,21,25)/t18-/m0/s1. The largest absolute Gasteiger partial charge is 0.325 e. The van der Waals surface area contributed by atoms with Gasteiger partial charge in [-0.15, -0.1) is 11.3 Å². The number of Topliss-reactive ketones (excluding diaryl/α,β-unsaturated/α-hetero) is 1. The Labute approximate surface area is 164 Å². The van der Waals surface area contributed by atoms with Gasteiger partial charge < -0.3 is 5.32 Å². The van der Waals surface area contributed by atoms with Gasteiger partial charge in [0.25, 0.3) is 5.91 Å². The van der Waals surface area contributed by atoms with Crippen molar-refractivity contribution in [2.24, 2.45) is 0 Å². The minimum Gasteiger partial charge on any atom is -0.319 e. The molecule has 1 fully saturated rings. The van der Waals surface area contributed by atoms with Gasteiger partial charge in [0, 0.05) is 20.5 Å². The first-order valence-corrected chi connectivity index (χ1v) is 9.55. The fraction of sp³-hybridized carbons (Fsp3) is 0.278. The molecule has 0 unspecified atom stereocenters. The van der Waals surface area contributed by atoms with E-state index in [4.69, 9.17) is 23.2 Å². The number of hydrogen-bond acceptors (Lipinski definition) is 4. The molecular weight excluding hydrogens is 395 g/mol. The van der Waals surface area contributed by atoms with Gasteiger partial charge in [-0.3, -0.25) is 14.5 Å². The summed E-state index contributed by atoms with van der Waals surface area (Å²) in [6, 6.07) is 7.68. The molecule has 0 spiro atoms. The summed E-state index contributed by atoms with van der Waals surface area (Å²) in [4.78, 5) is 40.3. The van der Waals surface area contributed by atoms with Crippen molar-refractivity contribution in [2.75, 3.05) is 6.54 Å². The van der Waals surface area contributed by atoms with Crippen LogP contribution < -0.4 is 5.32 Å². The monoisotopic (exact) mass is 410 g/mol. The van der Waals surface area contributed by atoms with E-state index >= 15 is 0 Å². The van der Waals surface area contributed by atoms with Crippen molar-refractivity contribution in [3.8, 4) is 0 Å². The van der Waals surface area contributed by atoms with Crippen LogP contribution in [0.3, 0.4) is 0 Å². The molecule has 0 aliphatic carbocycles. The number of imide groups is 1. The molecule has 1 N–H and O–H groups in total. The highest BCUT2D eigenvalue weighted by Gasteiger charge is 2.50. The van der Waals surface area contributed by atoms with Gasteiger partial charge in [0.15, 0.2) is 5.78 Å². The summed E-state index contributed by atoms with van der Waals surface area (Å²) in [5.41, 5.74) is -0.912. The Morgan fingerprint density at radius 1 is 1.23 bits per heavy atom. The maximum atomic E-state index is 12.9. The number of ketones is 1. The fourth-order valence-electron chi connectivity index (χ4n) is 2.86. The lowest BCUT2D eigenvalue weighted by Gasteiger charge is -2.23. The first-order chi connectivity index (χ1) is 12.3. The van der Waals surface area contributed by atoms with Crippen LogP contribution in [0.4, 0.5) is 4.79 Å². The Morgan fingerprint density at radius 2 is 1.96 bits per heavy atom. The van der Waals surface area contributed by atoms with Gasteiger partial charge in [0.2, 0.25) is 0 Å². The molecule has 1 atom stereocenters. The zero-order chi connectivity index (χ0) is 19.1. The second-order valence-corrected chi connectivity index (χ2v) is 8.13. The van der Waals surface area contributed by atoms with Gasteiger partial charge in [0.05, 0.1) is 11.4 Å². The fourth-order valence-corrected chi connectivity index (χ4v) is 4.33. The lowest BCUT2D eigenvalue weighted by molar-refractivity contribution is -0.130. The van der Waals surface area contributed by atoms with Crippen LogP contribution in [0.1, 0.15) is 34.0 Å². The zero-order valence-corrected chi connectivity index (χ0v) is 16.5. The highest BCUT2D eigenvalue weighted by molar-refractivity contribution is 7.14. The maximum Gasteiger partial charge on any atom is 0.325 e. The quantitative estimate of drug-likeness (QED) is 0.591. The number of benzene rings is 1. The third-order valence-corrected chi connectivity index (χ3v) is 6.15. The van der Waals surface area contributed by atoms with Crippen LogP contribution in [0, 0.1) is 0 Å². The van der Waals surface area contributed by atoms with Gasteiger partial charge in [-0.2, -0.15) is 0 Å². The normalized spacial score (nSPS) is 19.8. The molecule has 1 aromatic carbocycles. The van der Waals surface area contributed by atoms with Crippen molar-refractivity contribution in [3.05, 3.63) is 55.7 Å². The third-order valence-electron chi connectivity index (χ3n) is 4.33. The molecule has 1 saturated heterocycles. The molecular formula is C18H16Cl2N2O3S. The summed E-state index contributed by atoms with van der Waals surface area (Å²) in [5.74, 6) is -0.794. The number of halogens is 2. The van der Waals surface area contributed by atoms with Gasteiger partial charge in [-0.05, 0) is 37.6 Å². The molecule has 5 nitrogen and oxygen atoms in total. The summed E-state index contributed by atoms with van der Waals surface area (Å²) >= 11 is 13.5. The minimum absolute atomic E-state index is 0.271. The molecule has 136 valence electrons. The Bertz CT molecular complexity index is 912. The summed E-state index contributed by atoms with van der Waals surface area (Å²) in [7, 11) is 0. The zero-order valence-electron chi connectivity index (χ0n) is 14.1. The highest BCUT2D eigenvalue weighted by atomic mass is 35.5. The molecule has 0 saturated carbocycles. The summed E-state index contributed by atoms with van der Waals surface area (Å²) in [5, 5.41) is 3.34. The average Bonchev–Trinajstić information content (AvgIpc) is 3.14. The number of hydrogen-bond donors (Lipinski definition) is 1. The van der Waals surface area contributed by atoms with Crippen LogP contribution in [-0.2, 0) is 16.8 Å². The lowest BCUT2D eigenvalue weighted by atomic mass is 9.92. The summed E-state index contributed by atoms with van der Waals surface area (Å²) in [6.45, 7) is 3.25. The van der Waals surface area contributed by atoms with E-state index in [-0.39, 0.29) is 17.4 Å². The number of amides is 3. The molecule has 1 aliphatic rings. The van der Waals surface area contributed by atoms with Crippen LogP contribution in [0.15, 0.2) is 30.3 Å². The van der Waals surface area contributed by atoms with Crippen molar-refractivity contribution >= 4 is 52.3 Å². The van der Waals surface area contributed by atoms with Gasteiger partial charge >= 0.3 is 6.03 Å². The van der Waals surface area contributed by atoms with Crippen molar-refractivity contribution in [1.82, 2.24) is 10.2 Å². The predicted octanol–water partition coefficient (Wildman–Crippen LogP) is 4.27. The Morgan fingerprint density at radius 3 is 2.58 bits per heavy atom. The number of carbonyl (C=O) groups excluding carboxylic acids is 3. The molecule has 2 heterocycles. The number of nitrogens with one attached hydrogen (secondary N) is 1. The average molecular weight is 411 g/mol. The van der Waals surface area contributed by atoms with Crippen LogP contribution in [0.2, 0.25) is 10.0 Å². The molecule has 3 amide bonds. The van der Waals surface area contributed by atoms with E-state index in [1.807, 2.05) is 13.0 Å². The van der Waals surface area contributed by atoms with Crippen molar-refractivity contribution in [3.63, 3.8) is 0 Å². The molecule has 1 aliphatic heterocycles. The topological polar surface area (TPSA) is 66.5 Å². The van der Waals surface area contributed by atoms with Crippen LogP contribution in [-0.4, -0.2) is 29.2 Å². The Balaban J connectivity index is 1.85. The van der Waals surface area contributed by atoms with Crippen molar-refractivity contribution < 1.29 is 14.4 Å². The number of thiophene rings is 1. The van der Waals surface area contributed by atoms with Crippen molar-refractivity contribution in [2.45, 2.75) is 25.8 Å². The third kappa shape index (κ3) is 3.24. The van der Waals surface area contributed by atoms with Gasteiger partial charge in [0.1, 0.15) is 5.54 Å². The molecule has 3 rings (SSSR count). The van der Waals surface area contributed by atoms with E-state index in [0.717, 1.165) is 16.2 Å². The van der Waals surface area contributed by atoms with E-state index in [9.17, 15) is 14.4 Å². The van der Waals surface area contributed by atoms with E-state index in [1.54, 1.807) is 25.1 Å². The predicted molar refractivity (Wildman–Crippen MR) is 102 cm³/mol. The SMILES string of the molecule is CCc1ccc(C(=O)CN2C(=O)N[C@@](C)(c3ccc(Cl)cc3Cl)C2=O)s1. The number of rotatable bonds is 5. The first kappa shape index (κ1) is 18.9. The Hall–Kier alpha value is -1.89. The van der Waals surface area contributed by atoms with Crippen LogP contribution in [0.25, 0.3) is 0 Å². The molecule has 2 aromatic rings. The summed E-state index contributed by atoms with van der Waals surface area (Å²) in [6.07, 6.45) is 0.828. The smallest absolute Gasteiger partial charge is 0.319 e. The molecule has 26 heavy (non-hydrogen) atoms. The number of aryl methyl sites for hydroxylation is 1. The number of carbonyl (C=O) groups is 3. The minimum atomic E-state index is -1.34. The Kier molecular flexibility index (Phi) is 5.10. The molecule has 0 bridgehead atoms.